The van der Waals surface area contributed by atoms with Gasteiger partial charge in [0.05, 0.1) is 0 Å². The van der Waals surface area contributed by atoms with Crippen molar-refractivity contribution in [3.05, 3.63) is 0 Å². The van der Waals surface area contributed by atoms with Crippen LogP contribution in [0.5, 0.6) is 0 Å². The Morgan fingerprint density at radius 1 is 1.00 bits per heavy atom. The summed E-state index contributed by atoms with van der Waals surface area (Å²) >= 11 is 0. The molecule has 104 valence electrons. The molecule has 0 aromatic carbocycles. The molecule has 0 heterocycles. The molecule has 2 nitrogen and oxygen atoms in total. The maximum atomic E-state index is 6.11. The number of hydrogen-bond acceptors (Lipinski definition) is 2. The van der Waals surface area contributed by atoms with Gasteiger partial charge in [0, 0.05) is 24.7 Å². The first-order chi connectivity index (χ1) is 8.01. The van der Waals surface area contributed by atoms with Gasteiger partial charge < -0.3 is 5.73 Å². The van der Waals surface area contributed by atoms with E-state index < -0.39 is 0 Å². The van der Waals surface area contributed by atoms with Gasteiger partial charge in [-0.15, -0.1) is 0 Å². The van der Waals surface area contributed by atoms with Gasteiger partial charge in [-0.1, -0.05) is 41.5 Å². The first kappa shape index (κ1) is 16.9. The van der Waals surface area contributed by atoms with E-state index in [1.54, 1.807) is 0 Å². The van der Waals surface area contributed by atoms with Gasteiger partial charge in [0.15, 0.2) is 0 Å². The summed E-state index contributed by atoms with van der Waals surface area (Å²) in [5.74, 6) is 0.708. The van der Waals surface area contributed by atoms with Crippen molar-refractivity contribution in [3.63, 3.8) is 0 Å². The van der Waals surface area contributed by atoms with Gasteiger partial charge in [-0.25, -0.2) is 0 Å². The fourth-order valence-electron chi connectivity index (χ4n) is 2.91. The number of nitrogens with two attached hydrogens (primary N) is 1. The second-order valence-corrected chi connectivity index (χ2v) is 5.65. The zero-order valence-corrected chi connectivity index (χ0v) is 12.9. The molecule has 0 bridgehead atoms. The lowest BCUT2D eigenvalue weighted by Crippen LogP contribution is -2.58. The van der Waals surface area contributed by atoms with Crippen molar-refractivity contribution in [2.24, 2.45) is 11.7 Å². The van der Waals surface area contributed by atoms with E-state index in [0.717, 1.165) is 19.4 Å². The Morgan fingerprint density at radius 2 is 1.47 bits per heavy atom. The molecule has 2 N–H and O–H groups in total. The molecule has 0 atom stereocenters. The average Bonchev–Trinajstić information content (AvgIpc) is 2.32. The summed E-state index contributed by atoms with van der Waals surface area (Å²) in [5.41, 5.74) is 6.32. The molecule has 0 aromatic heterocycles. The summed E-state index contributed by atoms with van der Waals surface area (Å²) in [6.07, 6.45) is 4.77. The Bertz CT molecular complexity index is 173. The maximum absolute atomic E-state index is 6.11. The van der Waals surface area contributed by atoms with Crippen LogP contribution in [-0.2, 0) is 0 Å². The van der Waals surface area contributed by atoms with E-state index >= 15 is 0 Å². The quantitative estimate of drug-likeness (QED) is 0.669. The van der Waals surface area contributed by atoms with Gasteiger partial charge in [-0.2, -0.15) is 0 Å². The van der Waals surface area contributed by atoms with E-state index in [1.807, 2.05) is 0 Å². The van der Waals surface area contributed by atoms with E-state index in [4.69, 9.17) is 5.73 Å². The molecule has 0 aliphatic heterocycles. The van der Waals surface area contributed by atoms with Crippen molar-refractivity contribution < 1.29 is 0 Å². The molecule has 0 saturated heterocycles. The van der Waals surface area contributed by atoms with Crippen LogP contribution in [0.1, 0.15) is 67.2 Å². The molecule has 0 aromatic rings. The van der Waals surface area contributed by atoms with Crippen LogP contribution in [-0.4, -0.2) is 29.6 Å². The Hall–Kier alpha value is -0.0800. The minimum atomic E-state index is 0.209. The molecule has 0 aliphatic rings. The largest absolute Gasteiger partial charge is 0.329 e. The smallest absolute Gasteiger partial charge is 0.0329 e. The lowest BCUT2D eigenvalue weighted by Gasteiger charge is -2.47. The van der Waals surface area contributed by atoms with E-state index in [2.05, 4.69) is 46.4 Å². The highest BCUT2D eigenvalue weighted by Gasteiger charge is 2.35. The van der Waals surface area contributed by atoms with Crippen LogP contribution in [0.25, 0.3) is 0 Å². The fourth-order valence-corrected chi connectivity index (χ4v) is 2.91. The normalized spacial score (nSPS) is 13.1. The first-order valence-electron chi connectivity index (χ1n) is 7.47. The molecule has 0 fully saturated rings. The van der Waals surface area contributed by atoms with E-state index in [-0.39, 0.29) is 5.54 Å². The second-order valence-electron chi connectivity index (χ2n) is 5.65. The van der Waals surface area contributed by atoms with E-state index in [9.17, 15) is 0 Å². The summed E-state index contributed by atoms with van der Waals surface area (Å²) < 4.78 is 0. The topological polar surface area (TPSA) is 29.3 Å². The Kier molecular flexibility index (Phi) is 8.06. The number of hydrogen-bond donors (Lipinski definition) is 1. The second kappa shape index (κ2) is 8.10. The lowest BCUT2D eigenvalue weighted by molar-refractivity contribution is 0.0254. The van der Waals surface area contributed by atoms with Crippen molar-refractivity contribution in [1.29, 1.82) is 0 Å². The van der Waals surface area contributed by atoms with E-state index in [1.165, 1.54) is 19.4 Å². The van der Waals surface area contributed by atoms with Gasteiger partial charge in [-0.3, -0.25) is 4.90 Å². The Balaban J connectivity index is 5.10. The molecule has 0 rings (SSSR count). The van der Waals surface area contributed by atoms with Crippen molar-refractivity contribution in [2.75, 3.05) is 13.1 Å². The Labute approximate surface area is 109 Å². The molecule has 17 heavy (non-hydrogen) atoms. The predicted molar refractivity (Wildman–Crippen MR) is 78.3 cm³/mol. The number of nitrogens with zero attached hydrogens (tertiary/aromatic N) is 1. The minimum Gasteiger partial charge on any atom is -0.329 e. The zero-order valence-electron chi connectivity index (χ0n) is 12.9. The van der Waals surface area contributed by atoms with Gasteiger partial charge in [0.2, 0.25) is 0 Å². The third-order valence-electron chi connectivity index (χ3n) is 4.25. The molecule has 0 radical (unpaired) electrons. The third kappa shape index (κ3) is 4.26. The van der Waals surface area contributed by atoms with Crippen LogP contribution >= 0.6 is 0 Å². The SMILES string of the molecule is CCC(CC)N(CC(C)C)C(CC)(CC)CN. The summed E-state index contributed by atoms with van der Waals surface area (Å²) in [4.78, 5) is 2.71. The molecule has 0 spiro atoms. The van der Waals surface area contributed by atoms with Gasteiger partial charge in [-0.05, 0) is 31.6 Å². The van der Waals surface area contributed by atoms with Crippen LogP contribution in [0.3, 0.4) is 0 Å². The third-order valence-corrected chi connectivity index (χ3v) is 4.25. The average molecular weight is 242 g/mol. The molecule has 2 heteroatoms. The van der Waals surface area contributed by atoms with Gasteiger partial charge in [0.1, 0.15) is 0 Å². The predicted octanol–water partition coefficient (Wildman–Crippen LogP) is 3.65. The summed E-state index contributed by atoms with van der Waals surface area (Å²) in [6.45, 7) is 15.7. The molecular formula is C15H34N2. The fraction of sp³-hybridized carbons (Fsp3) is 1.00. The van der Waals surface area contributed by atoms with E-state index in [0.29, 0.717) is 12.0 Å². The molecule has 0 amide bonds. The standard InChI is InChI=1S/C15H34N2/c1-7-14(8-2)17(11-13(5)6)15(9-3,10-4)12-16/h13-14H,7-12,16H2,1-6H3. The van der Waals surface area contributed by atoms with Crippen LogP contribution in [0.15, 0.2) is 0 Å². The molecule has 0 aliphatic carbocycles. The van der Waals surface area contributed by atoms with Crippen molar-refractivity contribution in [2.45, 2.75) is 78.8 Å². The summed E-state index contributed by atoms with van der Waals surface area (Å²) in [6, 6.07) is 0.681. The molecule has 0 unspecified atom stereocenters. The molecular weight excluding hydrogens is 208 g/mol. The van der Waals surface area contributed by atoms with Crippen molar-refractivity contribution >= 4 is 0 Å². The highest BCUT2D eigenvalue weighted by molar-refractivity contribution is 4.93. The maximum Gasteiger partial charge on any atom is 0.0329 e. The van der Waals surface area contributed by atoms with Crippen LogP contribution in [0.4, 0.5) is 0 Å². The monoisotopic (exact) mass is 242 g/mol. The lowest BCUT2D eigenvalue weighted by atomic mass is 9.87. The highest BCUT2D eigenvalue weighted by atomic mass is 15.2. The van der Waals surface area contributed by atoms with Gasteiger partial charge in [0.25, 0.3) is 0 Å². The first-order valence-corrected chi connectivity index (χ1v) is 7.47. The van der Waals surface area contributed by atoms with Crippen molar-refractivity contribution in [3.8, 4) is 0 Å². The van der Waals surface area contributed by atoms with Crippen LogP contribution in [0, 0.1) is 5.92 Å². The minimum absolute atomic E-state index is 0.209. The number of rotatable bonds is 9. The summed E-state index contributed by atoms with van der Waals surface area (Å²) in [7, 11) is 0. The summed E-state index contributed by atoms with van der Waals surface area (Å²) in [5, 5.41) is 0. The van der Waals surface area contributed by atoms with Crippen LogP contribution in [0.2, 0.25) is 0 Å². The highest BCUT2D eigenvalue weighted by Crippen LogP contribution is 2.28. The van der Waals surface area contributed by atoms with Crippen LogP contribution < -0.4 is 5.73 Å². The molecule has 0 saturated carbocycles. The van der Waals surface area contributed by atoms with Crippen molar-refractivity contribution in [1.82, 2.24) is 4.90 Å². The Morgan fingerprint density at radius 3 is 1.71 bits per heavy atom. The zero-order chi connectivity index (χ0) is 13.5. The van der Waals surface area contributed by atoms with Gasteiger partial charge >= 0.3 is 0 Å².